The van der Waals surface area contributed by atoms with Gasteiger partial charge in [-0.1, -0.05) is 0 Å². The van der Waals surface area contributed by atoms with Crippen LogP contribution < -0.4 is 15.2 Å². The van der Waals surface area contributed by atoms with Gasteiger partial charge in [0.2, 0.25) is 5.91 Å². The van der Waals surface area contributed by atoms with Gasteiger partial charge < -0.3 is 24.8 Å². The molecule has 1 aromatic rings. The average Bonchev–Trinajstić information content (AvgIpc) is 2.59. The van der Waals surface area contributed by atoms with E-state index in [9.17, 15) is 9.59 Å². The molecule has 0 aliphatic carbocycles. The van der Waals surface area contributed by atoms with Gasteiger partial charge in [-0.3, -0.25) is 4.79 Å². The van der Waals surface area contributed by atoms with E-state index in [1.54, 1.807) is 18.1 Å². The third-order valence-corrected chi connectivity index (χ3v) is 4.41. The van der Waals surface area contributed by atoms with Gasteiger partial charge in [0, 0.05) is 18.7 Å². The summed E-state index contributed by atoms with van der Waals surface area (Å²) in [6.45, 7) is 6.67. The van der Waals surface area contributed by atoms with Crippen molar-refractivity contribution in [2.24, 2.45) is 5.73 Å². The van der Waals surface area contributed by atoms with Crippen molar-refractivity contribution in [2.75, 3.05) is 27.3 Å². The first-order chi connectivity index (χ1) is 12.2. The molecule has 2 N–H and O–H groups in total. The topological polar surface area (TPSA) is 91.1 Å². The van der Waals surface area contributed by atoms with Crippen LogP contribution in [0.4, 0.5) is 4.79 Å². The summed E-state index contributed by atoms with van der Waals surface area (Å²) in [7, 11) is 3.07. The monoisotopic (exact) mass is 364 g/mol. The maximum absolute atomic E-state index is 12.2. The van der Waals surface area contributed by atoms with E-state index in [4.69, 9.17) is 19.9 Å². The Morgan fingerprint density at radius 3 is 2.08 bits per heavy atom. The Kier molecular flexibility index (Phi) is 6.00. The van der Waals surface area contributed by atoms with E-state index in [0.717, 1.165) is 18.4 Å². The van der Waals surface area contributed by atoms with Crippen molar-refractivity contribution in [1.29, 1.82) is 0 Å². The maximum atomic E-state index is 12.2. The predicted octanol–water partition coefficient (Wildman–Crippen LogP) is 2.92. The predicted molar refractivity (Wildman–Crippen MR) is 97.8 cm³/mol. The minimum absolute atomic E-state index is 0.107. The van der Waals surface area contributed by atoms with Gasteiger partial charge in [-0.2, -0.15) is 0 Å². The minimum atomic E-state index is -0.517. The van der Waals surface area contributed by atoms with Crippen LogP contribution in [0.2, 0.25) is 0 Å². The highest BCUT2D eigenvalue weighted by Gasteiger charge is 2.30. The normalized spacial score (nSPS) is 15.5. The number of hydrogen-bond acceptors (Lipinski definition) is 5. The number of methoxy groups -OCH3 is 2. The lowest BCUT2D eigenvalue weighted by molar-refractivity contribution is 0.0204. The van der Waals surface area contributed by atoms with Crippen molar-refractivity contribution in [1.82, 2.24) is 4.90 Å². The average molecular weight is 364 g/mol. The van der Waals surface area contributed by atoms with Crippen molar-refractivity contribution < 1.29 is 23.8 Å². The molecule has 1 aromatic carbocycles. The zero-order valence-electron chi connectivity index (χ0n) is 16.1. The van der Waals surface area contributed by atoms with Crippen LogP contribution in [0.25, 0.3) is 0 Å². The van der Waals surface area contributed by atoms with E-state index in [1.807, 2.05) is 26.8 Å². The molecule has 0 radical (unpaired) electrons. The van der Waals surface area contributed by atoms with Crippen molar-refractivity contribution >= 4 is 12.0 Å². The minimum Gasteiger partial charge on any atom is -0.493 e. The zero-order chi connectivity index (χ0) is 19.5. The number of benzene rings is 1. The lowest BCUT2D eigenvalue weighted by atomic mass is 9.86. The highest BCUT2D eigenvalue weighted by atomic mass is 16.6. The third-order valence-electron chi connectivity index (χ3n) is 4.41. The van der Waals surface area contributed by atoms with E-state index in [0.29, 0.717) is 30.2 Å². The maximum Gasteiger partial charge on any atom is 0.410 e. The highest BCUT2D eigenvalue weighted by Crippen LogP contribution is 2.37. The van der Waals surface area contributed by atoms with Gasteiger partial charge in [0.05, 0.1) is 14.2 Å². The summed E-state index contributed by atoms with van der Waals surface area (Å²) in [5.41, 5.74) is 6.31. The molecule has 0 bridgehead atoms. The Balaban J connectivity index is 2.18. The SMILES string of the molecule is COc1cc(C(N)=O)c(C2CCN(C(=O)OC(C)(C)C)CC2)cc1OC. The number of amides is 2. The number of piperidine rings is 1. The zero-order valence-corrected chi connectivity index (χ0v) is 16.1. The molecular formula is C19H28N2O5. The summed E-state index contributed by atoms with van der Waals surface area (Å²) in [6, 6.07) is 3.43. The van der Waals surface area contributed by atoms with Crippen LogP contribution in [0.3, 0.4) is 0 Å². The Morgan fingerprint density at radius 2 is 1.62 bits per heavy atom. The van der Waals surface area contributed by atoms with Crippen LogP contribution in [-0.4, -0.2) is 49.8 Å². The number of carbonyl (C=O) groups excluding carboxylic acids is 2. The van der Waals surface area contributed by atoms with Crippen LogP contribution in [0, 0.1) is 0 Å². The summed E-state index contributed by atoms with van der Waals surface area (Å²) < 4.78 is 16.0. The van der Waals surface area contributed by atoms with Gasteiger partial charge >= 0.3 is 6.09 Å². The number of hydrogen-bond donors (Lipinski definition) is 1. The fourth-order valence-corrected chi connectivity index (χ4v) is 3.15. The molecule has 1 aliphatic rings. The first-order valence-electron chi connectivity index (χ1n) is 8.70. The fourth-order valence-electron chi connectivity index (χ4n) is 3.15. The third kappa shape index (κ3) is 4.59. The van der Waals surface area contributed by atoms with Crippen LogP contribution in [0.15, 0.2) is 12.1 Å². The second kappa shape index (κ2) is 7.85. The molecule has 1 fully saturated rings. The van der Waals surface area contributed by atoms with E-state index < -0.39 is 11.5 Å². The molecule has 0 unspecified atom stereocenters. The number of rotatable bonds is 4. The number of likely N-dealkylation sites (tertiary alicyclic amines) is 1. The molecular weight excluding hydrogens is 336 g/mol. The molecule has 0 spiro atoms. The Morgan fingerprint density at radius 1 is 1.08 bits per heavy atom. The van der Waals surface area contributed by atoms with Crippen molar-refractivity contribution in [3.8, 4) is 11.5 Å². The molecule has 0 saturated carbocycles. The number of nitrogens with zero attached hydrogens (tertiary/aromatic N) is 1. The van der Waals surface area contributed by atoms with Crippen LogP contribution in [-0.2, 0) is 4.74 Å². The number of nitrogens with two attached hydrogens (primary N) is 1. The first kappa shape index (κ1) is 19.9. The summed E-state index contributed by atoms with van der Waals surface area (Å²) in [5.74, 6) is 0.629. The van der Waals surface area contributed by atoms with Gasteiger partial charge in [-0.15, -0.1) is 0 Å². The smallest absolute Gasteiger partial charge is 0.410 e. The molecule has 0 aromatic heterocycles. The van der Waals surface area contributed by atoms with Crippen LogP contribution in [0.1, 0.15) is 55.5 Å². The van der Waals surface area contributed by atoms with Crippen LogP contribution >= 0.6 is 0 Å². The Bertz CT molecular complexity index is 673. The van der Waals surface area contributed by atoms with E-state index in [1.165, 1.54) is 7.11 Å². The number of carbonyl (C=O) groups is 2. The van der Waals surface area contributed by atoms with Gasteiger partial charge in [-0.05, 0) is 57.2 Å². The van der Waals surface area contributed by atoms with E-state index in [2.05, 4.69) is 0 Å². The summed E-state index contributed by atoms with van der Waals surface area (Å²) in [6.07, 6.45) is 1.13. The Hall–Kier alpha value is -2.44. The molecule has 7 heteroatoms. The molecule has 7 nitrogen and oxygen atoms in total. The largest absolute Gasteiger partial charge is 0.493 e. The van der Waals surface area contributed by atoms with Crippen LogP contribution in [0.5, 0.6) is 11.5 Å². The number of primary amides is 1. The molecule has 2 rings (SSSR count). The van der Waals surface area contributed by atoms with Crippen molar-refractivity contribution in [2.45, 2.75) is 45.1 Å². The molecule has 144 valence electrons. The lowest BCUT2D eigenvalue weighted by Gasteiger charge is -2.34. The molecule has 2 amide bonds. The molecule has 1 saturated heterocycles. The number of ether oxygens (including phenoxy) is 3. The fraction of sp³-hybridized carbons (Fsp3) is 0.579. The summed E-state index contributed by atoms with van der Waals surface area (Å²) >= 11 is 0. The highest BCUT2D eigenvalue weighted by molar-refractivity contribution is 5.95. The standard InChI is InChI=1S/C19H28N2O5/c1-19(2,3)26-18(23)21-8-6-12(7-9-21)13-10-15(24-4)16(25-5)11-14(13)17(20)22/h10-12H,6-9H2,1-5H3,(H2,20,22). The summed E-state index contributed by atoms with van der Waals surface area (Å²) in [4.78, 5) is 25.8. The Labute approximate surface area is 154 Å². The molecule has 0 atom stereocenters. The second-order valence-corrected chi connectivity index (χ2v) is 7.40. The van der Waals surface area contributed by atoms with Gasteiger partial charge in [0.25, 0.3) is 0 Å². The summed E-state index contributed by atoms with van der Waals surface area (Å²) in [5, 5.41) is 0. The van der Waals surface area contributed by atoms with Gasteiger partial charge in [0.15, 0.2) is 11.5 Å². The second-order valence-electron chi connectivity index (χ2n) is 7.40. The first-order valence-corrected chi connectivity index (χ1v) is 8.70. The molecule has 1 heterocycles. The van der Waals surface area contributed by atoms with Gasteiger partial charge in [0.1, 0.15) is 5.60 Å². The van der Waals surface area contributed by atoms with E-state index in [-0.39, 0.29) is 12.0 Å². The van der Waals surface area contributed by atoms with Crippen molar-refractivity contribution in [3.63, 3.8) is 0 Å². The quantitative estimate of drug-likeness (QED) is 0.887. The molecule has 1 aliphatic heterocycles. The van der Waals surface area contributed by atoms with Crippen molar-refractivity contribution in [3.05, 3.63) is 23.3 Å². The van der Waals surface area contributed by atoms with E-state index >= 15 is 0 Å². The van der Waals surface area contributed by atoms with Gasteiger partial charge in [-0.25, -0.2) is 4.79 Å². The lowest BCUT2D eigenvalue weighted by Crippen LogP contribution is -2.41. The molecule has 26 heavy (non-hydrogen) atoms.